The van der Waals surface area contributed by atoms with E-state index in [0.717, 1.165) is 31.6 Å². The summed E-state index contributed by atoms with van der Waals surface area (Å²) in [7, 11) is 0. The van der Waals surface area contributed by atoms with E-state index in [2.05, 4.69) is 75.9 Å². The molecule has 0 aromatic heterocycles. The van der Waals surface area contributed by atoms with Gasteiger partial charge in [0.15, 0.2) is 0 Å². The van der Waals surface area contributed by atoms with Crippen molar-refractivity contribution in [1.82, 2.24) is 0 Å². The highest BCUT2D eigenvalue weighted by Crippen LogP contribution is 2.27. The molecule has 2 aromatic carbocycles. The molecule has 0 spiro atoms. The lowest BCUT2D eigenvalue weighted by atomic mass is 9.86. The average Bonchev–Trinajstić information content (AvgIpc) is 2.81. The van der Waals surface area contributed by atoms with E-state index in [4.69, 9.17) is 9.47 Å². The molecule has 0 aliphatic carbocycles. The maximum atomic E-state index is 10.9. The maximum Gasteiger partial charge on any atom is 0.330 e. The molecule has 3 nitrogen and oxygen atoms in total. The van der Waals surface area contributed by atoms with Gasteiger partial charge in [-0.25, -0.2) is 4.79 Å². The van der Waals surface area contributed by atoms with Crippen LogP contribution in [-0.4, -0.2) is 19.2 Å². The van der Waals surface area contributed by atoms with Crippen LogP contribution in [-0.2, 0) is 14.9 Å². The van der Waals surface area contributed by atoms with Crippen LogP contribution in [0.1, 0.15) is 84.1 Å². The third-order valence-corrected chi connectivity index (χ3v) is 5.91. The summed E-state index contributed by atoms with van der Waals surface area (Å²) in [6.45, 7) is 11.4. The molecule has 0 atom stereocenters. The molecule has 0 amide bonds. The lowest BCUT2D eigenvalue weighted by molar-refractivity contribution is -0.137. The monoisotopic (exact) mass is 450 g/mol. The molecule has 2 aromatic rings. The number of ether oxygens (including phenoxy) is 2. The van der Waals surface area contributed by atoms with Gasteiger partial charge in [0, 0.05) is 6.08 Å². The van der Waals surface area contributed by atoms with Crippen LogP contribution in [0.15, 0.2) is 61.2 Å². The molecule has 0 fully saturated rings. The van der Waals surface area contributed by atoms with E-state index in [0.29, 0.717) is 6.61 Å². The van der Waals surface area contributed by atoms with Crippen molar-refractivity contribution in [3.8, 4) is 16.9 Å². The number of carbonyl (C=O) groups excluding carboxylic acids is 1. The second-order valence-corrected chi connectivity index (χ2v) is 9.75. The van der Waals surface area contributed by atoms with Gasteiger partial charge in [-0.15, -0.1) is 0 Å². The molecule has 0 saturated heterocycles. The number of unbranched alkanes of at least 4 members (excludes halogenated alkanes) is 8. The minimum Gasteiger partial charge on any atom is -0.494 e. The average molecular weight is 451 g/mol. The molecule has 2 rings (SSSR count). The third kappa shape index (κ3) is 10.7. The molecule has 0 aliphatic rings. The zero-order chi connectivity index (χ0) is 23.9. The molecule has 0 saturated carbocycles. The molecule has 0 heterocycles. The first-order chi connectivity index (χ1) is 15.9. The van der Waals surface area contributed by atoms with Gasteiger partial charge in [0.05, 0.1) is 13.2 Å². The number of carbonyl (C=O) groups is 1. The van der Waals surface area contributed by atoms with Crippen molar-refractivity contribution in [2.45, 2.75) is 84.0 Å². The molecule has 0 aliphatic heterocycles. The van der Waals surface area contributed by atoms with Gasteiger partial charge in [-0.05, 0) is 47.1 Å². The SMILES string of the molecule is C=CC(=O)OCCCCCCCCCCCOc1ccc(-c2ccc(C(C)(C)C)cc2)cc1. The van der Waals surface area contributed by atoms with E-state index in [1.165, 1.54) is 61.3 Å². The quantitative estimate of drug-likeness (QED) is 0.156. The maximum absolute atomic E-state index is 10.9. The van der Waals surface area contributed by atoms with Crippen molar-refractivity contribution >= 4 is 5.97 Å². The summed E-state index contributed by atoms with van der Waals surface area (Å²) in [5.41, 5.74) is 4.00. The Labute approximate surface area is 201 Å². The second-order valence-electron chi connectivity index (χ2n) is 9.75. The summed E-state index contributed by atoms with van der Waals surface area (Å²) >= 11 is 0. The predicted octanol–water partition coefficient (Wildman–Crippen LogP) is 8.27. The Morgan fingerprint density at radius 3 is 1.67 bits per heavy atom. The van der Waals surface area contributed by atoms with E-state index >= 15 is 0 Å². The fourth-order valence-corrected chi connectivity index (χ4v) is 3.77. The van der Waals surface area contributed by atoms with Crippen LogP contribution < -0.4 is 4.74 Å². The summed E-state index contributed by atoms with van der Waals surface area (Å²) in [5.74, 6) is 0.627. The highest BCUT2D eigenvalue weighted by molar-refractivity contribution is 5.81. The van der Waals surface area contributed by atoms with Crippen molar-refractivity contribution in [2.24, 2.45) is 0 Å². The Balaban J connectivity index is 1.51. The van der Waals surface area contributed by atoms with Gasteiger partial charge in [0.1, 0.15) is 5.75 Å². The molecule has 3 heteroatoms. The topological polar surface area (TPSA) is 35.5 Å². The molecular weight excluding hydrogens is 408 g/mol. The molecular formula is C30H42O3. The van der Waals surface area contributed by atoms with Crippen molar-refractivity contribution in [2.75, 3.05) is 13.2 Å². The van der Waals surface area contributed by atoms with E-state index in [9.17, 15) is 4.79 Å². The lowest BCUT2D eigenvalue weighted by Crippen LogP contribution is -2.10. The van der Waals surface area contributed by atoms with E-state index in [1.54, 1.807) is 0 Å². The van der Waals surface area contributed by atoms with Crippen molar-refractivity contribution in [3.63, 3.8) is 0 Å². The Morgan fingerprint density at radius 1 is 0.727 bits per heavy atom. The smallest absolute Gasteiger partial charge is 0.330 e. The van der Waals surface area contributed by atoms with Crippen LogP contribution in [0.5, 0.6) is 5.75 Å². The molecule has 0 N–H and O–H groups in total. The Kier molecular flexibility index (Phi) is 11.8. The molecule has 0 unspecified atom stereocenters. The summed E-state index contributed by atoms with van der Waals surface area (Å²) in [6.07, 6.45) is 11.9. The number of hydrogen-bond donors (Lipinski definition) is 0. The minimum absolute atomic E-state index is 0.181. The number of esters is 1. The van der Waals surface area contributed by atoms with Crippen molar-refractivity contribution in [1.29, 1.82) is 0 Å². The van der Waals surface area contributed by atoms with Crippen LogP contribution in [0, 0.1) is 0 Å². The fourth-order valence-electron chi connectivity index (χ4n) is 3.77. The molecule has 0 bridgehead atoms. The van der Waals surface area contributed by atoms with E-state index in [1.807, 2.05) is 0 Å². The summed E-state index contributed by atoms with van der Waals surface area (Å²) in [5, 5.41) is 0. The zero-order valence-electron chi connectivity index (χ0n) is 20.9. The van der Waals surface area contributed by atoms with Crippen LogP contribution in [0.3, 0.4) is 0 Å². The first kappa shape index (κ1) is 26.7. The first-order valence-electron chi connectivity index (χ1n) is 12.5. The largest absolute Gasteiger partial charge is 0.494 e. The Morgan fingerprint density at radius 2 is 1.18 bits per heavy atom. The van der Waals surface area contributed by atoms with Gasteiger partial charge >= 0.3 is 5.97 Å². The second kappa shape index (κ2) is 14.6. The van der Waals surface area contributed by atoms with Crippen LogP contribution >= 0.6 is 0 Å². The van der Waals surface area contributed by atoms with Crippen LogP contribution in [0.4, 0.5) is 0 Å². The summed E-state index contributed by atoms with van der Waals surface area (Å²) in [6, 6.07) is 17.3. The van der Waals surface area contributed by atoms with Gasteiger partial charge < -0.3 is 9.47 Å². The van der Waals surface area contributed by atoms with Gasteiger partial charge in [0.2, 0.25) is 0 Å². The normalized spacial score (nSPS) is 11.2. The molecule has 33 heavy (non-hydrogen) atoms. The van der Waals surface area contributed by atoms with Crippen molar-refractivity contribution < 1.29 is 14.3 Å². The van der Waals surface area contributed by atoms with Gasteiger partial charge in [-0.2, -0.15) is 0 Å². The first-order valence-corrected chi connectivity index (χ1v) is 12.5. The number of rotatable bonds is 15. The zero-order valence-corrected chi connectivity index (χ0v) is 20.9. The Hall–Kier alpha value is -2.55. The summed E-state index contributed by atoms with van der Waals surface area (Å²) < 4.78 is 10.9. The highest BCUT2D eigenvalue weighted by atomic mass is 16.5. The van der Waals surface area contributed by atoms with Gasteiger partial charge in [0.25, 0.3) is 0 Å². The van der Waals surface area contributed by atoms with Crippen LogP contribution in [0.25, 0.3) is 11.1 Å². The van der Waals surface area contributed by atoms with Gasteiger partial charge in [-0.1, -0.05) is 109 Å². The van der Waals surface area contributed by atoms with E-state index < -0.39 is 0 Å². The molecule has 0 radical (unpaired) electrons. The van der Waals surface area contributed by atoms with Crippen molar-refractivity contribution in [3.05, 3.63) is 66.7 Å². The lowest BCUT2D eigenvalue weighted by Gasteiger charge is -2.19. The standard InChI is InChI=1S/C30H42O3/c1-5-29(31)33-24-14-12-10-8-6-7-9-11-13-23-32-28-21-17-26(18-22-28)25-15-19-27(20-16-25)30(2,3)4/h5,15-22H,1,6-14,23-24H2,2-4H3. The minimum atomic E-state index is -0.321. The van der Waals surface area contributed by atoms with Gasteiger partial charge in [-0.3, -0.25) is 0 Å². The summed E-state index contributed by atoms with van der Waals surface area (Å²) in [4.78, 5) is 10.9. The predicted molar refractivity (Wildman–Crippen MR) is 139 cm³/mol. The highest BCUT2D eigenvalue weighted by Gasteiger charge is 2.13. The number of benzene rings is 2. The number of hydrogen-bond acceptors (Lipinski definition) is 3. The molecule has 180 valence electrons. The fraction of sp³-hybridized carbons (Fsp3) is 0.500. The Bertz CT molecular complexity index is 813. The third-order valence-electron chi connectivity index (χ3n) is 5.91. The van der Waals surface area contributed by atoms with Crippen LogP contribution in [0.2, 0.25) is 0 Å². The van der Waals surface area contributed by atoms with E-state index in [-0.39, 0.29) is 11.4 Å².